The number of benzene rings is 2. The molecular weight excluding hydrogens is 374 g/mol. The van der Waals surface area contributed by atoms with Crippen LogP contribution in [0.25, 0.3) is 10.9 Å². The first-order chi connectivity index (χ1) is 13.4. The fourth-order valence-corrected chi connectivity index (χ4v) is 3.82. The number of aryl methyl sites for hydroxylation is 1. The van der Waals surface area contributed by atoms with Crippen molar-refractivity contribution in [1.29, 1.82) is 0 Å². The standard InChI is InChI=1S/C23H24ClNO3/c1-3-4-5-6-7-20-21(18-14-17(24)12-13-19(18)25(20)2)22(26)15-8-10-16(11-9-15)23(27)28/h8-14H,3-7H2,1-2H3,(H,27,28). The van der Waals surface area contributed by atoms with Crippen molar-refractivity contribution < 1.29 is 14.7 Å². The van der Waals surface area contributed by atoms with E-state index >= 15 is 0 Å². The van der Waals surface area contributed by atoms with Crippen LogP contribution in [0.15, 0.2) is 42.5 Å². The minimum Gasteiger partial charge on any atom is -0.478 e. The fraction of sp³-hybridized carbons (Fsp3) is 0.304. The van der Waals surface area contributed by atoms with E-state index in [-0.39, 0.29) is 11.3 Å². The highest BCUT2D eigenvalue weighted by Crippen LogP contribution is 2.31. The van der Waals surface area contributed by atoms with Crippen molar-refractivity contribution in [3.05, 3.63) is 69.9 Å². The predicted octanol–water partition coefficient (Wildman–Crippen LogP) is 5.88. The molecule has 3 rings (SSSR count). The molecule has 0 saturated heterocycles. The second-order valence-corrected chi connectivity index (χ2v) is 7.50. The van der Waals surface area contributed by atoms with Gasteiger partial charge in [0.1, 0.15) is 0 Å². The van der Waals surface area contributed by atoms with Crippen LogP contribution in [-0.2, 0) is 13.5 Å². The Balaban J connectivity index is 2.07. The molecule has 0 atom stereocenters. The molecule has 146 valence electrons. The summed E-state index contributed by atoms with van der Waals surface area (Å²) in [4.78, 5) is 24.5. The Bertz CT molecular complexity index is 1020. The number of rotatable bonds is 8. The second kappa shape index (κ2) is 8.61. The average Bonchev–Trinajstić information content (AvgIpc) is 2.96. The molecule has 0 aliphatic carbocycles. The summed E-state index contributed by atoms with van der Waals surface area (Å²) >= 11 is 6.22. The maximum atomic E-state index is 13.4. The van der Waals surface area contributed by atoms with Gasteiger partial charge in [0, 0.05) is 34.2 Å². The minimum atomic E-state index is -1.01. The molecular formula is C23H24ClNO3. The SMILES string of the molecule is CCCCCCc1c(C(=O)c2ccc(C(=O)O)cc2)c2cc(Cl)ccc2n1C. The highest BCUT2D eigenvalue weighted by molar-refractivity contribution is 6.31. The van der Waals surface area contributed by atoms with E-state index in [4.69, 9.17) is 16.7 Å². The number of carbonyl (C=O) groups is 2. The number of aromatic nitrogens is 1. The van der Waals surface area contributed by atoms with Gasteiger partial charge in [-0.1, -0.05) is 49.9 Å². The highest BCUT2D eigenvalue weighted by Gasteiger charge is 2.22. The Morgan fingerprint density at radius 2 is 1.68 bits per heavy atom. The number of carboxylic acid groups (broad SMARTS) is 1. The number of unbranched alkanes of at least 4 members (excludes halogenated alkanes) is 3. The van der Waals surface area contributed by atoms with E-state index < -0.39 is 5.97 Å². The molecule has 0 aliphatic heterocycles. The number of fused-ring (bicyclic) bond motifs is 1. The Morgan fingerprint density at radius 1 is 1.00 bits per heavy atom. The number of halogens is 1. The number of ketones is 1. The van der Waals surface area contributed by atoms with Gasteiger partial charge in [0.05, 0.1) is 11.1 Å². The Morgan fingerprint density at radius 3 is 2.32 bits per heavy atom. The molecule has 0 aliphatic rings. The lowest BCUT2D eigenvalue weighted by Gasteiger charge is -2.08. The van der Waals surface area contributed by atoms with Crippen molar-refractivity contribution in [3.8, 4) is 0 Å². The molecule has 5 heteroatoms. The third-order valence-electron chi connectivity index (χ3n) is 5.17. The van der Waals surface area contributed by atoms with Crippen molar-refractivity contribution in [3.63, 3.8) is 0 Å². The molecule has 0 fully saturated rings. The quantitative estimate of drug-likeness (QED) is 0.381. The zero-order chi connectivity index (χ0) is 20.3. The lowest BCUT2D eigenvalue weighted by atomic mass is 9.97. The number of aromatic carboxylic acids is 1. The van der Waals surface area contributed by atoms with Gasteiger partial charge in [0.15, 0.2) is 5.78 Å². The van der Waals surface area contributed by atoms with E-state index in [0.717, 1.165) is 42.3 Å². The zero-order valence-corrected chi connectivity index (χ0v) is 16.9. The monoisotopic (exact) mass is 397 g/mol. The topological polar surface area (TPSA) is 59.3 Å². The number of carboxylic acids is 1. The minimum absolute atomic E-state index is 0.102. The molecule has 28 heavy (non-hydrogen) atoms. The third-order valence-corrected chi connectivity index (χ3v) is 5.41. The maximum absolute atomic E-state index is 13.4. The van der Waals surface area contributed by atoms with E-state index in [1.165, 1.54) is 18.6 Å². The average molecular weight is 398 g/mol. The lowest BCUT2D eigenvalue weighted by molar-refractivity contribution is 0.0696. The first-order valence-corrected chi connectivity index (χ1v) is 9.96. The van der Waals surface area contributed by atoms with Gasteiger partial charge in [-0.3, -0.25) is 4.79 Å². The van der Waals surface area contributed by atoms with E-state index in [1.54, 1.807) is 12.1 Å². The Kier molecular flexibility index (Phi) is 6.20. The van der Waals surface area contributed by atoms with Crippen LogP contribution in [0.5, 0.6) is 0 Å². The summed E-state index contributed by atoms with van der Waals surface area (Å²) in [6.07, 6.45) is 5.29. The van der Waals surface area contributed by atoms with E-state index in [1.807, 2.05) is 25.2 Å². The zero-order valence-electron chi connectivity index (χ0n) is 16.2. The van der Waals surface area contributed by atoms with Gasteiger partial charge in [-0.25, -0.2) is 4.79 Å². The van der Waals surface area contributed by atoms with Crippen molar-refractivity contribution >= 4 is 34.3 Å². The predicted molar refractivity (Wildman–Crippen MR) is 113 cm³/mol. The Labute approximate surface area is 169 Å². The molecule has 1 heterocycles. The van der Waals surface area contributed by atoms with Crippen LogP contribution in [0, 0.1) is 0 Å². The lowest BCUT2D eigenvalue weighted by Crippen LogP contribution is -2.07. The number of nitrogens with zero attached hydrogens (tertiary/aromatic N) is 1. The molecule has 0 amide bonds. The van der Waals surface area contributed by atoms with Crippen molar-refractivity contribution in [2.75, 3.05) is 0 Å². The van der Waals surface area contributed by atoms with Crippen LogP contribution in [0.2, 0.25) is 5.02 Å². The van der Waals surface area contributed by atoms with Crippen molar-refractivity contribution in [2.45, 2.75) is 39.0 Å². The largest absolute Gasteiger partial charge is 0.478 e. The summed E-state index contributed by atoms with van der Waals surface area (Å²) in [5.74, 6) is -1.11. The summed E-state index contributed by atoms with van der Waals surface area (Å²) in [5, 5.41) is 10.5. The maximum Gasteiger partial charge on any atom is 0.335 e. The summed E-state index contributed by atoms with van der Waals surface area (Å²) in [5.41, 5.74) is 3.28. The highest BCUT2D eigenvalue weighted by atomic mass is 35.5. The summed E-state index contributed by atoms with van der Waals surface area (Å²) in [6.45, 7) is 2.18. The number of carbonyl (C=O) groups excluding carboxylic acids is 1. The third kappa shape index (κ3) is 3.97. The van der Waals surface area contributed by atoms with E-state index in [9.17, 15) is 9.59 Å². The molecule has 0 spiro atoms. The smallest absolute Gasteiger partial charge is 0.335 e. The van der Waals surface area contributed by atoms with Gasteiger partial charge in [-0.05, 0) is 43.2 Å². The van der Waals surface area contributed by atoms with Crippen LogP contribution < -0.4 is 0 Å². The van der Waals surface area contributed by atoms with Crippen LogP contribution >= 0.6 is 11.6 Å². The Hall–Kier alpha value is -2.59. The van der Waals surface area contributed by atoms with Gasteiger partial charge >= 0.3 is 5.97 Å². The van der Waals surface area contributed by atoms with Gasteiger partial charge in [-0.15, -0.1) is 0 Å². The van der Waals surface area contributed by atoms with Crippen LogP contribution in [-0.4, -0.2) is 21.4 Å². The van der Waals surface area contributed by atoms with Crippen molar-refractivity contribution in [1.82, 2.24) is 4.57 Å². The van der Waals surface area contributed by atoms with Gasteiger partial charge in [0.25, 0.3) is 0 Å². The summed E-state index contributed by atoms with van der Waals surface area (Å²) < 4.78 is 2.08. The molecule has 3 aromatic rings. The van der Waals surface area contributed by atoms with E-state index in [0.29, 0.717) is 16.1 Å². The molecule has 0 unspecified atom stereocenters. The molecule has 1 N–H and O–H groups in total. The van der Waals surface area contributed by atoms with Gasteiger partial charge in [0.2, 0.25) is 0 Å². The van der Waals surface area contributed by atoms with Crippen molar-refractivity contribution in [2.24, 2.45) is 7.05 Å². The first-order valence-electron chi connectivity index (χ1n) is 9.59. The molecule has 2 aromatic carbocycles. The molecule has 0 saturated carbocycles. The van der Waals surface area contributed by atoms with E-state index in [2.05, 4.69) is 11.5 Å². The van der Waals surface area contributed by atoms with Crippen LogP contribution in [0.3, 0.4) is 0 Å². The fourth-order valence-electron chi connectivity index (χ4n) is 3.64. The summed E-state index contributed by atoms with van der Waals surface area (Å²) in [7, 11) is 1.98. The normalized spacial score (nSPS) is 11.1. The van der Waals surface area contributed by atoms with Crippen LogP contribution in [0.4, 0.5) is 0 Å². The number of hydrogen-bond donors (Lipinski definition) is 1. The second-order valence-electron chi connectivity index (χ2n) is 7.06. The molecule has 0 radical (unpaired) electrons. The molecule has 4 nitrogen and oxygen atoms in total. The first kappa shape index (κ1) is 20.2. The van der Waals surface area contributed by atoms with Gasteiger partial charge in [-0.2, -0.15) is 0 Å². The number of hydrogen-bond acceptors (Lipinski definition) is 2. The van der Waals surface area contributed by atoms with Gasteiger partial charge < -0.3 is 9.67 Å². The van der Waals surface area contributed by atoms with Crippen LogP contribution in [0.1, 0.15) is 64.6 Å². The summed E-state index contributed by atoms with van der Waals surface area (Å²) in [6, 6.07) is 11.7. The molecule has 1 aromatic heterocycles. The molecule has 0 bridgehead atoms.